The van der Waals surface area contributed by atoms with Crippen LogP contribution in [0.2, 0.25) is 0 Å². The van der Waals surface area contributed by atoms with Crippen molar-refractivity contribution < 1.29 is 14.4 Å². The van der Waals surface area contributed by atoms with E-state index in [-0.39, 0.29) is 23.6 Å². The monoisotopic (exact) mass is 456 g/mol. The second kappa shape index (κ2) is 10.4. The summed E-state index contributed by atoms with van der Waals surface area (Å²) in [4.78, 5) is 47.1. The molecule has 1 fully saturated rings. The minimum Gasteiger partial charge on any atom is -0.387 e. The summed E-state index contributed by atoms with van der Waals surface area (Å²) in [6.07, 6.45) is 2.35. The number of aromatic nitrogens is 1. The quantitative estimate of drug-likeness (QED) is 0.432. The van der Waals surface area contributed by atoms with Crippen LogP contribution in [0.4, 0.5) is 10.8 Å². The molecule has 3 amide bonds. The van der Waals surface area contributed by atoms with E-state index in [4.69, 9.17) is 11.5 Å². The first-order valence-electron chi connectivity index (χ1n) is 10.5. The van der Waals surface area contributed by atoms with E-state index in [1.165, 1.54) is 18.3 Å². The second-order valence-corrected chi connectivity index (χ2v) is 8.86. The van der Waals surface area contributed by atoms with Crippen molar-refractivity contribution in [3.63, 3.8) is 0 Å². The van der Waals surface area contributed by atoms with Gasteiger partial charge in [0.05, 0.1) is 17.2 Å². The number of hydrogen-bond acceptors (Lipinski definition) is 6. The van der Waals surface area contributed by atoms with Crippen LogP contribution in [-0.4, -0.2) is 46.5 Å². The molecule has 9 nitrogen and oxygen atoms in total. The van der Waals surface area contributed by atoms with E-state index in [1.807, 2.05) is 24.3 Å². The van der Waals surface area contributed by atoms with Crippen LogP contribution in [0.1, 0.15) is 47.6 Å². The van der Waals surface area contributed by atoms with Crippen LogP contribution in [0.25, 0.3) is 0 Å². The molecule has 0 spiro atoms. The molecular weight excluding hydrogens is 428 g/mol. The van der Waals surface area contributed by atoms with Gasteiger partial charge in [0.1, 0.15) is 4.88 Å². The van der Waals surface area contributed by atoms with Crippen LogP contribution in [-0.2, 0) is 22.4 Å². The van der Waals surface area contributed by atoms with Gasteiger partial charge >= 0.3 is 0 Å². The number of carbonyl (C=O) groups excluding carboxylic acids is 3. The fourth-order valence-electron chi connectivity index (χ4n) is 3.61. The number of piperidine rings is 1. The number of thiazole rings is 1. The highest BCUT2D eigenvalue weighted by Gasteiger charge is 2.29. The normalized spacial score (nSPS) is 14.9. The van der Waals surface area contributed by atoms with Gasteiger partial charge in [-0.1, -0.05) is 23.5 Å². The Labute approximate surface area is 190 Å². The van der Waals surface area contributed by atoms with E-state index in [2.05, 4.69) is 15.3 Å². The van der Waals surface area contributed by atoms with Gasteiger partial charge in [0.15, 0.2) is 5.13 Å². The highest BCUT2D eigenvalue weighted by molar-refractivity contribution is 7.17. The minimum atomic E-state index is -0.318. The Morgan fingerprint density at radius 1 is 1.12 bits per heavy atom. The largest absolute Gasteiger partial charge is 0.387 e. The van der Waals surface area contributed by atoms with E-state index >= 15 is 0 Å². The Kier molecular flexibility index (Phi) is 7.57. The molecule has 0 radical (unpaired) electrons. The lowest BCUT2D eigenvalue weighted by Crippen LogP contribution is -2.41. The fourth-order valence-corrected chi connectivity index (χ4v) is 4.63. The zero-order valence-electron chi connectivity index (χ0n) is 18.3. The number of anilines is 1. The highest BCUT2D eigenvalue weighted by Crippen LogP contribution is 2.28. The van der Waals surface area contributed by atoms with Gasteiger partial charge < -0.3 is 21.7 Å². The zero-order valence-corrected chi connectivity index (χ0v) is 19.1. The van der Waals surface area contributed by atoms with E-state index < -0.39 is 0 Å². The SMILES string of the molecule is CC(=O)Nc1nc(CCc2ccc(N=C(C)N)cc2)c(C(=O)N2CCC(C(N)=O)CC2)s1. The Hall–Kier alpha value is -3.27. The molecule has 2 heterocycles. The molecule has 1 aromatic heterocycles. The highest BCUT2D eigenvalue weighted by atomic mass is 32.1. The minimum absolute atomic E-state index is 0.125. The number of nitrogens with two attached hydrogens (primary N) is 2. The molecule has 0 unspecified atom stereocenters. The summed E-state index contributed by atoms with van der Waals surface area (Å²) in [6, 6.07) is 7.73. The number of carbonyl (C=O) groups is 3. The predicted molar refractivity (Wildman–Crippen MR) is 125 cm³/mol. The van der Waals surface area contributed by atoms with Crippen molar-refractivity contribution in [2.45, 2.75) is 39.5 Å². The lowest BCUT2D eigenvalue weighted by Gasteiger charge is -2.30. The maximum Gasteiger partial charge on any atom is 0.265 e. The first-order chi connectivity index (χ1) is 15.2. The standard InChI is InChI=1S/C22H28N6O3S/c1-13(23)25-17-6-3-15(4-7-17)5-8-18-19(32-22(27-18)26-14(2)29)21(31)28-11-9-16(10-12-28)20(24)30/h3-4,6-7,16H,5,8-12H2,1-2H3,(H2,23,25)(H2,24,30)(H,26,27,29). The number of nitrogens with zero attached hydrogens (tertiary/aromatic N) is 3. The summed E-state index contributed by atoms with van der Waals surface area (Å²) in [7, 11) is 0. The molecule has 0 saturated carbocycles. The first kappa shape index (κ1) is 23.4. The number of likely N-dealkylation sites (tertiary alicyclic amines) is 1. The molecule has 1 saturated heterocycles. The number of aliphatic imine (C=N–C) groups is 1. The molecular formula is C22H28N6O3S. The van der Waals surface area contributed by atoms with Crippen LogP contribution in [0.5, 0.6) is 0 Å². The second-order valence-electron chi connectivity index (χ2n) is 7.86. The number of rotatable bonds is 7. The van der Waals surface area contributed by atoms with Gasteiger partial charge in [-0.05, 0) is 50.3 Å². The van der Waals surface area contributed by atoms with Gasteiger partial charge in [-0.2, -0.15) is 0 Å². The van der Waals surface area contributed by atoms with E-state index in [9.17, 15) is 14.4 Å². The topological polar surface area (TPSA) is 144 Å². The molecule has 0 aliphatic carbocycles. The van der Waals surface area contributed by atoms with Crippen molar-refractivity contribution in [2.75, 3.05) is 18.4 Å². The predicted octanol–water partition coefficient (Wildman–Crippen LogP) is 2.23. The third-order valence-corrected chi connectivity index (χ3v) is 6.25. The van der Waals surface area contributed by atoms with Crippen molar-refractivity contribution in [2.24, 2.45) is 22.4 Å². The molecule has 1 aliphatic rings. The van der Waals surface area contributed by atoms with Crippen molar-refractivity contribution in [1.29, 1.82) is 0 Å². The lowest BCUT2D eigenvalue weighted by atomic mass is 9.96. The van der Waals surface area contributed by atoms with Crippen molar-refractivity contribution in [3.8, 4) is 0 Å². The number of amides is 3. The Morgan fingerprint density at radius 2 is 1.78 bits per heavy atom. The Bertz CT molecular complexity index is 1020. The molecule has 1 aromatic carbocycles. The van der Waals surface area contributed by atoms with Crippen molar-refractivity contribution >= 4 is 45.7 Å². The summed E-state index contributed by atoms with van der Waals surface area (Å²) in [5.41, 5.74) is 13.5. The van der Waals surface area contributed by atoms with Gasteiger partial charge in [-0.15, -0.1) is 0 Å². The molecule has 2 aromatic rings. The van der Waals surface area contributed by atoms with Gasteiger partial charge in [0, 0.05) is 25.9 Å². The number of aryl methyl sites for hydroxylation is 2. The summed E-state index contributed by atoms with van der Waals surface area (Å²) in [5, 5.41) is 3.09. The Balaban J connectivity index is 1.74. The van der Waals surface area contributed by atoms with Crippen LogP contribution in [0.3, 0.4) is 0 Å². The molecule has 170 valence electrons. The van der Waals surface area contributed by atoms with Gasteiger partial charge in [0.2, 0.25) is 11.8 Å². The van der Waals surface area contributed by atoms with E-state index in [0.29, 0.717) is 60.3 Å². The van der Waals surface area contributed by atoms with Crippen LogP contribution >= 0.6 is 11.3 Å². The number of primary amides is 1. The number of benzene rings is 1. The maximum absolute atomic E-state index is 13.2. The molecule has 0 atom stereocenters. The maximum atomic E-state index is 13.2. The third-order valence-electron chi connectivity index (χ3n) is 5.25. The Morgan fingerprint density at radius 3 is 2.34 bits per heavy atom. The summed E-state index contributed by atoms with van der Waals surface area (Å²) in [5.74, 6) is -0.376. The zero-order chi connectivity index (χ0) is 23.3. The molecule has 5 N–H and O–H groups in total. The fraction of sp³-hybridized carbons (Fsp3) is 0.409. The summed E-state index contributed by atoms with van der Waals surface area (Å²) in [6.45, 7) is 4.09. The van der Waals surface area contributed by atoms with Crippen molar-refractivity contribution in [1.82, 2.24) is 9.88 Å². The lowest BCUT2D eigenvalue weighted by molar-refractivity contribution is -0.123. The van der Waals surface area contributed by atoms with E-state index in [1.54, 1.807) is 11.8 Å². The van der Waals surface area contributed by atoms with E-state index in [0.717, 1.165) is 11.3 Å². The number of amidine groups is 1. The molecule has 1 aliphatic heterocycles. The third kappa shape index (κ3) is 6.13. The van der Waals surface area contributed by atoms with Gasteiger partial charge in [-0.3, -0.25) is 14.4 Å². The molecule has 32 heavy (non-hydrogen) atoms. The first-order valence-corrected chi connectivity index (χ1v) is 11.3. The number of hydrogen-bond donors (Lipinski definition) is 3. The average molecular weight is 457 g/mol. The van der Waals surface area contributed by atoms with Crippen molar-refractivity contribution in [3.05, 3.63) is 40.4 Å². The summed E-state index contributed by atoms with van der Waals surface area (Å²) >= 11 is 1.18. The molecule has 10 heteroatoms. The van der Waals surface area contributed by atoms with Gasteiger partial charge in [0.25, 0.3) is 5.91 Å². The molecule has 0 bridgehead atoms. The number of nitrogens with one attached hydrogen (secondary N) is 1. The smallest absolute Gasteiger partial charge is 0.265 e. The van der Waals surface area contributed by atoms with Crippen LogP contribution in [0.15, 0.2) is 29.3 Å². The van der Waals surface area contributed by atoms with Crippen LogP contribution < -0.4 is 16.8 Å². The van der Waals surface area contributed by atoms with Crippen LogP contribution in [0, 0.1) is 5.92 Å². The van der Waals surface area contributed by atoms with Gasteiger partial charge in [-0.25, -0.2) is 9.98 Å². The average Bonchev–Trinajstić information content (AvgIpc) is 3.14. The summed E-state index contributed by atoms with van der Waals surface area (Å²) < 4.78 is 0. The molecule has 3 rings (SSSR count).